The second-order valence-electron chi connectivity index (χ2n) is 5.96. The fourth-order valence-corrected chi connectivity index (χ4v) is 3.20. The zero-order valence-corrected chi connectivity index (χ0v) is 13.9. The van der Waals surface area contributed by atoms with Gasteiger partial charge in [0.2, 0.25) is 0 Å². The quantitative estimate of drug-likeness (QED) is 0.885. The largest absolute Gasteiger partial charge is 0.365 e. The number of carbonyl (C=O) groups is 1. The average molecular weight is 348 g/mol. The summed E-state index contributed by atoms with van der Waals surface area (Å²) < 4.78 is 7.72. The molecule has 0 saturated carbocycles. The highest BCUT2D eigenvalue weighted by Crippen LogP contribution is 2.28. The molecule has 0 bridgehead atoms. The highest BCUT2D eigenvalue weighted by molar-refractivity contribution is 6.30. The van der Waals surface area contributed by atoms with Gasteiger partial charge in [0.1, 0.15) is 6.10 Å². The van der Waals surface area contributed by atoms with Crippen molar-refractivity contribution in [1.82, 2.24) is 25.2 Å². The Morgan fingerprint density at radius 1 is 1.25 bits per heavy atom. The zero-order valence-electron chi connectivity index (χ0n) is 13.1. The third-order valence-electron chi connectivity index (χ3n) is 4.45. The molecular weight excluding hydrogens is 330 g/mol. The molecule has 1 aromatic heterocycles. The van der Waals surface area contributed by atoms with Crippen LogP contribution in [0.4, 0.5) is 0 Å². The number of amides is 1. The van der Waals surface area contributed by atoms with Crippen LogP contribution in [0.1, 0.15) is 27.8 Å². The van der Waals surface area contributed by atoms with Crippen molar-refractivity contribution in [3.63, 3.8) is 0 Å². The van der Waals surface area contributed by atoms with Crippen LogP contribution in [0.3, 0.4) is 0 Å². The number of halogens is 1. The van der Waals surface area contributed by atoms with Crippen LogP contribution < -0.4 is 5.32 Å². The van der Waals surface area contributed by atoms with Gasteiger partial charge in [-0.05, 0) is 17.7 Å². The van der Waals surface area contributed by atoms with E-state index in [0.29, 0.717) is 37.0 Å². The molecule has 126 valence electrons. The van der Waals surface area contributed by atoms with Gasteiger partial charge >= 0.3 is 0 Å². The number of hydrogen-bond donors (Lipinski definition) is 1. The maximum Gasteiger partial charge on any atom is 0.276 e. The second-order valence-corrected chi connectivity index (χ2v) is 6.40. The minimum atomic E-state index is -0.112. The van der Waals surface area contributed by atoms with Crippen molar-refractivity contribution in [2.45, 2.75) is 19.3 Å². The van der Waals surface area contributed by atoms with Gasteiger partial charge in [0, 0.05) is 31.2 Å². The molecule has 2 aliphatic heterocycles. The van der Waals surface area contributed by atoms with E-state index in [-0.39, 0.29) is 12.0 Å². The number of piperazine rings is 1. The first-order valence-electron chi connectivity index (χ1n) is 8.02. The van der Waals surface area contributed by atoms with Gasteiger partial charge in [-0.25, -0.2) is 4.68 Å². The first kappa shape index (κ1) is 15.6. The highest BCUT2D eigenvalue weighted by atomic mass is 35.5. The summed E-state index contributed by atoms with van der Waals surface area (Å²) in [7, 11) is 0. The molecule has 24 heavy (non-hydrogen) atoms. The summed E-state index contributed by atoms with van der Waals surface area (Å²) in [6.45, 7) is 3.87. The van der Waals surface area contributed by atoms with Crippen molar-refractivity contribution in [3.8, 4) is 0 Å². The number of benzene rings is 1. The topological polar surface area (TPSA) is 72.3 Å². The summed E-state index contributed by atoms with van der Waals surface area (Å²) in [5, 5.41) is 12.2. The van der Waals surface area contributed by atoms with E-state index in [2.05, 4.69) is 15.6 Å². The smallest absolute Gasteiger partial charge is 0.276 e. The van der Waals surface area contributed by atoms with Gasteiger partial charge < -0.3 is 15.0 Å². The van der Waals surface area contributed by atoms with Crippen LogP contribution in [-0.2, 0) is 17.9 Å². The van der Waals surface area contributed by atoms with E-state index in [4.69, 9.17) is 16.3 Å². The number of ether oxygens (including phenoxy) is 1. The molecule has 1 N–H and O–H groups in total. The van der Waals surface area contributed by atoms with Crippen LogP contribution in [0.25, 0.3) is 0 Å². The van der Waals surface area contributed by atoms with Crippen LogP contribution in [0.5, 0.6) is 0 Å². The third-order valence-corrected chi connectivity index (χ3v) is 4.70. The van der Waals surface area contributed by atoms with E-state index >= 15 is 0 Å². The van der Waals surface area contributed by atoms with Crippen LogP contribution in [0.2, 0.25) is 5.02 Å². The van der Waals surface area contributed by atoms with Gasteiger partial charge in [0.25, 0.3) is 5.91 Å². The van der Waals surface area contributed by atoms with E-state index in [1.54, 1.807) is 4.68 Å². The van der Waals surface area contributed by atoms with Crippen LogP contribution in [0, 0.1) is 0 Å². The maximum atomic E-state index is 12.6. The molecule has 4 rings (SSSR count). The lowest BCUT2D eigenvalue weighted by molar-refractivity contribution is -0.00196. The Morgan fingerprint density at radius 3 is 2.75 bits per heavy atom. The molecule has 2 aliphatic rings. The van der Waals surface area contributed by atoms with E-state index in [1.807, 2.05) is 29.2 Å². The minimum absolute atomic E-state index is 0.0636. The first-order chi connectivity index (χ1) is 11.7. The lowest BCUT2D eigenvalue weighted by Crippen LogP contribution is -2.46. The fourth-order valence-electron chi connectivity index (χ4n) is 3.07. The molecule has 1 aromatic carbocycles. The molecule has 1 atom stereocenters. The predicted octanol–water partition coefficient (Wildman–Crippen LogP) is 1.25. The summed E-state index contributed by atoms with van der Waals surface area (Å²) in [4.78, 5) is 14.4. The van der Waals surface area contributed by atoms with Crippen molar-refractivity contribution >= 4 is 17.5 Å². The monoisotopic (exact) mass is 347 g/mol. The summed E-state index contributed by atoms with van der Waals surface area (Å²) in [6.07, 6.45) is -0.112. The highest BCUT2D eigenvalue weighted by Gasteiger charge is 2.30. The molecule has 2 aromatic rings. The SMILES string of the molecule is O=C(c1nnn2c1CO[C@H](c1ccc(Cl)cc1)C2)N1CCNCC1. The fraction of sp³-hybridized carbons (Fsp3) is 0.438. The molecular formula is C16H18ClN5O2. The second kappa shape index (κ2) is 6.51. The molecule has 0 unspecified atom stereocenters. The number of aromatic nitrogens is 3. The van der Waals surface area contributed by atoms with Gasteiger partial charge in [0.05, 0.1) is 18.8 Å². The van der Waals surface area contributed by atoms with E-state index in [9.17, 15) is 4.79 Å². The normalized spacial score (nSPS) is 20.7. The number of nitrogens with one attached hydrogen (secondary N) is 1. The van der Waals surface area contributed by atoms with Gasteiger partial charge in [-0.3, -0.25) is 4.79 Å². The van der Waals surface area contributed by atoms with E-state index < -0.39 is 0 Å². The Hall–Kier alpha value is -1.96. The van der Waals surface area contributed by atoms with Gasteiger partial charge in [-0.15, -0.1) is 5.10 Å². The summed E-state index contributed by atoms with van der Waals surface area (Å²) in [5.41, 5.74) is 2.20. The van der Waals surface area contributed by atoms with Crippen molar-refractivity contribution in [2.75, 3.05) is 26.2 Å². The lowest BCUT2D eigenvalue weighted by atomic mass is 10.1. The number of nitrogens with zero attached hydrogens (tertiary/aromatic N) is 4. The Morgan fingerprint density at radius 2 is 2.00 bits per heavy atom. The first-order valence-corrected chi connectivity index (χ1v) is 8.39. The van der Waals surface area contributed by atoms with Crippen LogP contribution in [0.15, 0.2) is 24.3 Å². The van der Waals surface area contributed by atoms with Crippen LogP contribution >= 0.6 is 11.6 Å². The molecule has 7 nitrogen and oxygen atoms in total. The van der Waals surface area contributed by atoms with E-state index in [1.165, 1.54) is 0 Å². The summed E-state index contributed by atoms with van der Waals surface area (Å²) in [5.74, 6) is -0.0636. The molecule has 3 heterocycles. The predicted molar refractivity (Wildman–Crippen MR) is 87.8 cm³/mol. The summed E-state index contributed by atoms with van der Waals surface area (Å²) in [6, 6.07) is 7.58. The Balaban J connectivity index is 1.53. The molecule has 1 saturated heterocycles. The van der Waals surface area contributed by atoms with Crippen molar-refractivity contribution < 1.29 is 9.53 Å². The molecule has 0 spiro atoms. The Bertz CT molecular complexity index is 739. The van der Waals surface area contributed by atoms with Crippen LogP contribution in [-0.4, -0.2) is 52.0 Å². The summed E-state index contributed by atoms with van der Waals surface area (Å²) >= 11 is 5.93. The minimum Gasteiger partial charge on any atom is -0.365 e. The Kier molecular flexibility index (Phi) is 4.22. The maximum absolute atomic E-state index is 12.6. The number of hydrogen-bond acceptors (Lipinski definition) is 5. The third kappa shape index (κ3) is 2.90. The van der Waals surface area contributed by atoms with Crippen molar-refractivity contribution in [3.05, 3.63) is 46.2 Å². The van der Waals surface area contributed by atoms with E-state index in [0.717, 1.165) is 24.3 Å². The average Bonchev–Trinajstić information content (AvgIpc) is 3.05. The standard InChI is InChI=1S/C16H18ClN5O2/c17-12-3-1-11(2-4-12)14-9-22-13(10-24-14)15(19-20-22)16(23)21-7-5-18-6-8-21/h1-4,14,18H,5-10H2/t14-/m0/s1. The number of fused-ring (bicyclic) bond motifs is 1. The van der Waals surface area contributed by atoms with Gasteiger partial charge in [-0.1, -0.05) is 28.9 Å². The number of carbonyl (C=O) groups excluding carboxylic acids is 1. The molecule has 1 fully saturated rings. The Labute approximate surface area is 144 Å². The molecule has 0 aliphatic carbocycles. The molecule has 1 amide bonds. The molecule has 0 radical (unpaired) electrons. The van der Waals surface area contributed by atoms with Gasteiger partial charge in [-0.2, -0.15) is 0 Å². The van der Waals surface area contributed by atoms with Gasteiger partial charge in [0.15, 0.2) is 5.69 Å². The van der Waals surface area contributed by atoms with Crippen molar-refractivity contribution in [2.24, 2.45) is 0 Å². The zero-order chi connectivity index (χ0) is 16.5. The van der Waals surface area contributed by atoms with Crippen molar-refractivity contribution in [1.29, 1.82) is 0 Å². The lowest BCUT2D eigenvalue weighted by Gasteiger charge is -2.28. The number of rotatable bonds is 2. The molecule has 8 heteroatoms.